The van der Waals surface area contributed by atoms with E-state index in [4.69, 9.17) is 33.2 Å². The summed E-state index contributed by atoms with van der Waals surface area (Å²) in [4.78, 5) is 0. The summed E-state index contributed by atoms with van der Waals surface area (Å²) in [6.07, 6.45) is -36.3. The van der Waals surface area contributed by atoms with E-state index in [1.165, 1.54) is 0 Å². The molecule has 4 fully saturated rings. The van der Waals surface area contributed by atoms with Crippen LogP contribution in [0.3, 0.4) is 0 Å². The van der Waals surface area contributed by atoms with E-state index in [-0.39, 0.29) is 0 Å². The third kappa shape index (κ3) is 7.44. The zero-order valence-electron chi connectivity index (χ0n) is 23.5. The Balaban J connectivity index is 1.64. The van der Waals surface area contributed by atoms with Gasteiger partial charge in [0.1, 0.15) is 97.7 Å². The van der Waals surface area contributed by atoms with E-state index in [1.54, 1.807) is 0 Å². The maximum absolute atomic E-state index is 11.4. The number of ether oxygens (including phenoxy) is 7. The molecule has 264 valence electrons. The van der Waals surface area contributed by atoms with Gasteiger partial charge in [-0.05, 0) is 0 Å². The van der Waals surface area contributed by atoms with E-state index in [0.717, 1.165) is 0 Å². The minimum absolute atomic E-state index is 0.836. The molecule has 0 bridgehead atoms. The molecule has 21 nitrogen and oxygen atoms in total. The van der Waals surface area contributed by atoms with Gasteiger partial charge in [0.15, 0.2) is 25.2 Å². The van der Waals surface area contributed by atoms with Crippen LogP contribution in [0.25, 0.3) is 0 Å². The van der Waals surface area contributed by atoms with Crippen molar-refractivity contribution in [2.75, 3.05) is 26.4 Å². The van der Waals surface area contributed by atoms with E-state index < -0.39 is 149 Å². The molecule has 0 aliphatic carbocycles. The van der Waals surface area contributed by atoms with Gasteiger partial charge < -0.3 is 105 Å². The minimum atomic E-state index is -2.09. The topological polar surface area (TPSA) is 348 Å². The van der Waals surface area contributed by atoms with Crippen LogP contribution in [-0.2, 0) is 33.2 Å². The van der Waals surface area contributed by atoms with Crippen molar-refractivity contribution in [1.29, 1.82) is 0 Å². The van der Waals surface area contributed by atoms with E-state index in [2.05, 4.69) is 0 Å². The zero-order chi connectivity index (χ0) is 33.3. The molecule has 0 aromatic heterocycles. The SMILES string of the molecule is OC[C@H]1O[C@@H](O[C@@H]2[C@@H](O)[C@H](O[C@H]3[C@H](O)[C@H](O)C(O)O[C@@H]3CO)O[C@H](CO)[C@@H]2O[C@@H]2O[C@H](CO)[C@@H](O)[C@H](O)[C@H]2O)[C@H](O)[C@@H](O)[C@@H]1O. The van der Waals surface area contributed by atoms with Crippen molar-refractivity contribution in [2.45, 2.75) is 123 Å². The van der Waals surface area contributed by atoms with Gasteiger partial charge in [-0.25, -0.2) is 0 Å². The molecule has 4 rings (SSSR count). The van der Waals surface area contributed by atoms with Crippen molar-refractivity contribution >= 4 is 0 Å². The van der Waals surface area contributed by atoms with Crippen molar-refractivity contribution in [3.8, 4) is 0 Å². The van der Waals surface area contributed by atoms with Gasteiger partial charge in [0.25, 0.3) is 0 Å². The summed E-state index contributed by atoms with van der Waals surface area (Å²) in [5, 5.41) is 143. The molecule has 0 aromatic carbocycles. The average molecular weight is 667 g/mol. The first-order valence-corrected chi connectivity index (χ1v) is 14.1. The van der Waals surface area contributed by atoms with E-state index in [1.807, 2.05) is 0 Å². The van der Waals surface area contributed by atoms with Crippen LogP contribution in [0.15, 0.2) is 0 Å². The highest BCUT2D eigenvalue weighted by molar-refractivity contribution is 4.98. The first-order valence-electron chi connectivity index (χ1n) is 14.1. The second-order valence-corrected chi connectivity index (χ2v) is 11.1. The van der Waals surface area contributed by atoms with Crippen molar-refractivity contribution in [3.05, 3.63) is 0 Å². The molecule has 20 atom stereocenters. The lowest BCUT2D eigenvalue weighted by atomic mass is 9.95. The molecular formula is C24H42O21. The molecule has 1 unspecified atom stereocenters. The van der Waals surface area contributed by atoms with Crippen molar-refractivity contribution < 1.29 is 105 Å². The Morgan fingerprint density at radius 1 is 0.333 bits per heavy atom. The Bertz CT molecular complexity index is 912. The standard InChI is InChI=1S/C24H42O21/c25-1-5-9(29)11(31)15(35)22(40-5)44-19-8(4-28)42-24(43-18-7(3-27)39-21(38)14(34)13(18)33)17(37)20(19)45-23-16(36)12(32)10(30)6(2-26)41-23/h5-38H,1-4H2/t5-,6-,7-,8-,9-,10-,11+,12+,13-,14+,15-,16-,17-,18-,19+,20-,21?,22+,23+,24+/m1/s1. The molecule has 0 spiro atoms. The molecule has 14 N–H and O–H groups in total. The summed E-state index contributed by atoms with van der Waals surface area (Å²) in [6.45, 7) is -3.51. The number of aliphatic hydroxyl groups is 14. The molecule has 0 amide bonds. The smallest absolute Gasteiger partial charge is 0.187 e. The monoisotopic (exact) mass is 666 g/mol. The summed E-state index contributed by atoms with van der Waals surface area (Å²) in [7, 11) is 0. The van der Waals surface area contributed by atoms with Crippen LogP contribution < -0.4 is 0 Å². The normalized spacial score (nSPS) is 52.9. The highest BCUT2D eigenvalue weighted by Crippen LogP contribution is 2.35. The summed E-state index contributed by atoms with van der Waals surface area (Å²) >= 11 is 0. The van der Waals surface area contributed by atoms with Crippen LogP contribution in [0, 0.1) is 0 Å². The van der Waals surface area contributed by atoms with E-state index >= 15 is 0 Å². The third-order valence-corrected chi connectivity index (χ3v) is 8.20. The van der Waals surface area contributed by atoms with Gasteiger partial charge in [0.2, 0.25) is 0 Å². The van der Waals surface area contributed by atoms with Crippen LogP contribution in [0.1, 0.15) is 0 Å². The Labute approximate surface area is 254 Å². The van der Waals surface area contributed by atoms with Crippen molar-refractivity contribution in [2.24, 2.45) is 0 Å². The third-order valence-electron chi connectivity index (χ3n) is 8.20. The van der Waals surface area contributed by atoms with Crippen LogP contribution in [0.5, 0.6) is 0 Å². The lowest BCUT2D eigenvalue weighted by molar-refractivity contribution is -0.398. The number of hydrogen-bond donors (Lipinski definition) is 14. The highest BCUT2D eigenvalue weighted by atomic mass is 16.8. The quantitative estimate of drug-likeness (QED) is 0.103. The van der Waals surface area contributed by atoms with Gasteiger partial charge in [0.05, 0.1) is 26.4 Å². The molecule has 45 heavy (non-hydrogen) atoms. The van der Waals surface area contributed by atoms with Crippen LogP contribution >= 0.6 is 0 Å². The maximum Gasteiger partial charge on any atom is 0.187 e. The van der Waals surface area contributed by atoms with Crippen LogP contribution in [0.4, 0.5) is 0 Å². The molecule has 0 aromatic rings. The van der Waals surface area contributed by atoms with Crippen molar-refractivity contribution in [1.82, 2.24) is 0 Å². The number of rotatable bonds is 10. The zero-order valence-corrected chi connectivity index (χ0v) is 23.5. The first-order chi connectivity index (χ1) is 21.3. The van der Waals surface area contributed by atoms with Crippen molar-refractivity contribution in [3.63, 3.8) is 0 Å². The fourth-order valence-corrected chi connectivity index (χ4v) is 5.53. The summed E-state index contributed by atoms with van der Waals surface area (Å²) in [6, 6.07) is 0. The van der Waals surface area contributed by atoms with Gasteiger partial charge in [-0.15, -0.1) is 0 Å². The summed E-state index contributed by atoms with van der Waals surface area (Å²) in [5.41, 5.74) is 0. The fourth-order valence-electron chi connectivity index (χ4n) is 5.53. The van der Waals surface area contributed by atoms with Crippen LogP contribution in [0.2, 0.25) is 0 Å². The summed E-state index contributed by atoms with van der Waals surface area (Å²) < 4.78 is 38.4. The lowest BCUT2D eigenvalue weighted by Crippen LogP contribution is -2.68. The Morgan fingerprint density at radius 2 is 0.711 bits per heavy atom. The van der Waals surface area contributed by atoms with Gasteiger partial charge in [0, 0.05) is 0 Å². The number of hydrogen-bond acceptors (Lipinski definition) is 21. The van der Waals surface area contributed by atoms with Crippen LogP contribution in [-0.4, -0.2) is 221 Å². The molecule has 0 radical (unpaired) electrons. The largest absolute Gasteiger partial charge is 0.394 e. The number of aliphatic hydroxyl groups excluding tert-OH is 14. The fraction of sp³-hybridized carbons (Fsp3) is 1.00. The average Bonchev–Trinajstić information content (AvgIpc) is 3.03. The maximum atomic E-state index is 11.4. The Morgan fingerprint density at radius 3 is 1.18 bits per heavy atom. The highest BCUT2D eigenvalue weighted by Gasteiger charge is 2.56. The Kier molecular flexibility index (Phi) is 12.8. The minimum Gasteiger partial charge on any atom is -0.394 e. The first kappa shape index (κ1) is 37.0. The molecule has 4 aliphatic rings. The second-order valence-electron chi connectivity index (χ2n) is 11.1. The predicted octanol–water partition coefficient (Wildman–Crippen LogP) is -9.75. The second kappa shape index (κ2) is 15.6. The lowest BCUT2D eigenvalue weighted by Gasteiger charge is -2.50. The molecule has 4 saturated heterocycles. The molecular weight excluding hydrogens is 624 g/mol. The van der Waals surface area contributed by atoms with Gasteiger partial charge in [-0.1, -0.05) is 0 Å². The molecule has 4 heterocycles. The van der Waals surface area contributed by atoms with Gasteiger partial charge in [-0.2, -0.15) is 0 Å². The van der Waals surface area contributed by atoms with Gasteiger partial charge >= 0.3 is 0 Å². The molecule has 4 aliphatic heterocycles. The van der Waals surface area contributed by atoms with E-state index in [9.17, 15) is 71.5 Å². The van der Waals surface area contributed by atoms with E-state index in [0.29, 0.717) is 0 Å². The Hall–Kier alpha value is -0.840. The van der Waals surface area contributed by atoms with Gasteiger partial charge in [-0.3, -0.25) is 0 Å². The summed E-state index contributed by atoms with van der Waals surface area (Å²) in [5.74, 6) is 0. The molecule has 0 saturated carbocycles. The predicted molar refractivity (Wildman–Crippen MR) is 134 cm³/mol. The molecule has 21 heteroatoms.